The molecular weight excluding hydrogens is 278 g/mol. The van der Waals surface area contributed by atoms with Crippen LogP contribution in [0.3, 0.4) is 0 Å². The third-order valence-electron chi connectivity index (χ3n) is 3.35. The summed E-state index contributed by atoms with van der Waals surface area (Å²) in [5, 5.41) is 0. The summed E-state index contributed by atoms with van der Waals surface area (Å²) in [6.45, 7) is 3.59. The van der Waals surface area contributed by atoms with Crippen LogP contribution in [0, 0.1) is 0 Å². The van der Waals surface area contributed by atoms with Crippen molar-refractivity contribution in [2.75, 3.05) is 18.8 Å². The summed E-state index contributed by atoms with van der Waals surface area (Å²) in [6, 6.07) is 20.4. The smallest absolute Gasteiger partial charge is 0.232 e. The highest BCUT2D eigenvalue weighted by Crippen LogP contribution is 2.17. The van der Waals surface area contributed by atoms with Crippen molar-refractivity contribution in [3.63, 3.8) is 0 Å². The molecular formula is C18H21NOS. The molecule has 0 aliphatic carbocycles. The van der Waals surface area contributed by atoms with Crippen LogP contribution in [0.15, 0.2) is 65.6 Å². The Hall–Kier alpha value is -1.74. The zero-order valence-corrected chi connectivity index (χ0v) is 13.2. The van der Waals surface area contributed by atoms with E-state index >= 15 is 0 Å². The summed E-state index contributed by atoms with van der Waals surface area (Å²) >= 11 is 1.60. The van der Waals surface area contributed by atoms with Crippen LogP contribution in [0.5, 0.6) is 0 Å². The van der Waals surface area contributed by atoms with Crippen molar-refractivity contribution in [2.45, 2.75) is 18.2 Å². The van der Waals surface area contributed by atoms with Crippen LogP contribution in [0.1, 0.15) is 12.5 Å². The highest BCUT2D eigenvalue weighted by atomic mass is 32.2. The average molecular weight is 299 g/mol. The zero-order valence-electron chi connectivity index (χ0n) is 12.4. The minimum absolute atomic E-state index is 0.210. The molecule has 0 radical (unpaired) electrons. The second-order valence-electron chi connectivity index (χ2n) is 4.81. The monoisotopic (exact) mass is 299 g/mol. The van der Waals surface area contributed by atoms with Gasteiger partial charge in [-0.25, -0.2) is 0 Å². The molecule has 0 fully saturated rings. The third-order valence-corrected chi connectivity index (χ3v) is 4.35. The van der Waals surface area contributed by atoms with E-state index in [1.807, 2.05) is 60.4 Å². The lowest BCUT2D eigenvalue weighted by Gasteiger charge is -2.20. The molecule has 0 spiro atoms. The van der Waals surface area contributed by atoms with E-state index < -0.39 is 0 Å². The van der Waals surface area contributed by atoms with Gasteiger partial charge in [-0.2, -0.15) is 0 Å². The summed E-state index contributed by atoms with van der Waals surface area (Å²) in [7, 11) is 0. The number of carbonyl (C=O) groups is 1. The standard InChI is InChI=1S/C18H21NOS/c1-2-19(14-13-16-9-5-3-6-10-16)18(20)15-21-17-11-7-4-8-12-17/h3-12H,2,13-15H2,1H3. The maximum atomic E-state index is 12.3. The molecule has 21 heavy (non-hydrogen) atoms. The molecule has 0 aliphatic heterocycles. The van der Waals surface area contributed by atoms with Gasteiger partial charge in [-0.3, -0.25) is 4.79 Å². The van der Waals surface area contributed by atoms with Gasteiger partial charge < -0.3 is 4.90 Å². The van der Waals surface area contributed by atoms with Crippen molar-refractivity contribution in [1.82, 2.24) is 4.90 Å². The van der Waals surface area contributed by atoms with E-state index in [9.17, 15) is 4.79 Å². The van der Waals surface area contributed by atoms with Gasteiger partial charge in [-0.15, -0.1) is 11.8 Å². The first-order valence-electron chi connectivity index (χ1n) is 7.29. The maximum absolute atomic E-state index is 12.3. The number of rotatable bonds is 7. The van der Waals surface area contributed by atoms with Gasteiger partial charge in [0.15, 0.2) is 0 Å². The topological polar surface area (TPSA) is 20.3 Å². The Kier molecular flexibility index (Phi) is 6.35. The molecule has 0 saturated heterocycles. The zero-order chi connectivity index (χ0) is 14.9. The molecule has 3 heteroatoms. The molecule has 1 amide bonds. The maximum Gasteiger partial charge on any atom is 0.232 e. The van der Waals surface area contributed by atoms with Crippen molar-refractivity contribution < 1.29 is 4.79 Å². The number of nitrogens with zero attached hydrogens (tertiary/aromatic N) is 1. The van der Waals surface area contributed by atoms with E-state index in [1.165, 1.54) is 5.56 Å². The van der Waals surface area contributed by atoms with Crippen LogP contribution in [0.25, 0.3) is 0 Å². The molecule has 0 atom stereocenters. The van der Waals surface area contributed by atoms with E-state index in [1.54, 1.807) is 11.8 Å². The van der Waals surface area contributed by atoms with Gasteiger partial charge in [0.05, 0.1) is 5.75 Å². The minimum Gasteiger partial charge on any atom is -0.342 e. The Morgan fingerprint density at radius 3 is 2.24 bits per heavy atom. The fraction of sp³-hybridized carbons (Fsp3) is 0.278. The molecule has 2 rings (SSSR count). The third kappa shape index (κ3) is 5.27. The number of amides is 1. The molecule has 0 aliphatic rings. The van der Waals surface area contributed by atoms with Crippen molar-refractivity contribution in [2.24, 2.45) is 0 Å². The first kappa shape index (κ1) is 15.6. The lowest BCUT2D eigenvalue weighted by Crippen LogP contribution is -2.34. The Morgan fingerprint density at radius 2 is 1.62 bits per heavy atom. The van der Waals surface area contributed by atoms with Gasteiger partial charge in [0.2, 0.25) is 5.91 Å². The molecule has 2 aromatic rings. The van der Waals surface area contributed by atoms with Gasteiger partial charge >= 0.3 is 0 Å². The van der Waals surface area contributed by atoms with Crippen LogP contribution < -0.4 is 0 Å². The van der Waals surface area contributed by atoms with E-state index in [0.717, 1.165) is 24.4 Å². The second-order valence-corrected chi connectivity index (χ2v) is 5.86. The Morgan fingerprint density at radius 1 is 1.00 bits per heavy atom. The highest BCUT2D eigenvalue weighted by Gasteiger charge is 2.11. The number of thioether (sulfide) groups is 1. The van der Waals surface area contributed by atoms with Crippen molar-refractivity contribution >= 4 is 17.7 Å². The molecule has 0 heterocycles. The summed E-state index contributed by atoms with van der Waals surface area (Å²) in [6.07, 6.45) is 0.913. The number of hydrogen-bond acceptors (Lipinski definition) is 2. The van der Waals surface area contributed by atoms with Crippen LogP contribution in [-0.4, -0.2) is 29.6 Å². The second kappa shape index (κ2) is 8.53. The Bertz CT molecular complexity index is 542. The van der Waals surface area contributed by atoms with E-state index in [2.05, 4.69) is 12.1 Å². The summed E-state index contributed by atoms with van der Waals surface area (Å²) in [5.74, 6) is 0.717. The quantitative estimate of drug-likeness (QED) is 0.723. The largest absolute Gasteiger partial charge is 0.342 e. The predicted molar refractivity (Wildman–Crippen MR) is 89.6 cm³/mol. The van der Waals surface area contributed by atoms with Gasteiger partial charge in [-0.05, 0) is 31.0 Å². The van der Waals surface area contributed by atoms with Crippen LogP contribution in [-0.2, 0) is 11.2 Å². The minimum atomic E-state index is 0.210. The normalized spacial score (nSPS) is 10.3. The lowest BCUT2D eigenvalue weighted by atomic mass is 10.1. The van der Waals surface area contributed by atoms with E-state index in [4.69, 9.17) is 0 Å². The number of carbonyl (C=O) groups excluding carboxylic acids is 1. The van der Waals surface area contributed by atoms with Crippen molar-refractivity contribution in [1.29, 1.82) is 0 Å². The number of likely N-dealkylation sites (N-methyl/N-ethyl adjacent to an activating group) is 1. The van der Waals surface area contributed by atoms with Crippen molar-refractivity contribution in [3.8, 4) is 0 Å². The molecule has 0 aromatic heterocycles. The SMILES string of the molecule is CCN(CCc1ccccc1)C(=O)CSc1ccccc1. The van der Waals surface area contributed by atoms with Crippen LogP contribution >= 0.6 is 11.8 Å². The summed E-state index contributed by atoms with van der Waals surface area (Å²) < 4.78 is 0. The molecule has 2 aromatic carbocycles. The predicted octanol–water partition coefficient (Wildman–Crippen LogP) is 3.87. The molecule has 0 unspecified atom stereocenters. The summed E-state index contributed by atoms with van der Waals surface area (Å²) in [5.41, 5.74) is 1.28. The fourth-order valence-electron chi connectivity index (χ4n) is 2.12. The van der Waals surface area contributed by atoms with Gasteiger partial charge in [0.25, 0.3) is 0 Å². The molecule has 110 valence electrons. The first-order valence-corrected chi connectivity index (χ1v) is 8.27. The molecule has 0 saturated carbocycles. The van der Waals surface area contributed by atoms with Gasteiger partial charge in [0, 0.05) is 18.0 Å². The Balaban J connectivity index is 1.81. The van der Waals surface area contributed by atoms with Crippen LogP contribution in [0.4, 0.5) is 0 Å². The average Bonchev–Trinajstić information content (AvgIpc) is 2.55. The molecule has 2 nitrogen and oxygen atoms in total. The van der Waals surface area contributed by atoms with Gasteiger partial charge in [-0.1, -0.05) is 48.5 Å². The lowest BCUT2D eigenvalue weighted by molar-refractivity contribution is -0.128. The number of benzene rings is 2. The fourth-order valence-corrected chi connectivity index (χ4v) is 2.94. The van der Waals surface area contributed by atoms with Gasteiger partial charge in [0.1, 0.15) is 0 Å². The van der Waals surface area contributed by atoms with E-state index in [0.29, 0.717) is 5.75 Å². The highest BCUT2D eigenvalue weighted by molar-refractivity contribution is 8.00. The van der Waals surface area contributed by atoms with E-state index in [-0.39, 0.29) is 5.91 Å². The molecule has 0 N–H and O–H groups in total. The molecule has 0 bridgehead atoms. The summed E-state index contributed by atoms with van der Waals surface area (Å²) in [4.78, 5) is 15.4. The van der Waals surface area contributed by atoms with Crippen molar-refractivity contribution in [3.05, 3.63) is 66.2 Å². The van der Waals surface area contributed by atoms with Crippen LogP contribution in [0.2, 0.25) is 0 Å². The Labute approximate surface area is 131 Å². The first-order chi connectivity index (χ1) is 10.3. The number of hydrogen-bond donors (Lipinski definition) is 0.